The number of imidazole rings is 1. The van der Waals surface area contributed by atoms with Crippen LogP contribution < -0.4 is 5.73 Å². The van der Waals surface area contributed by atoms with Gasteiger partial charge in [-0.3, -0.25) is 9.47 Å². The lowest BCUT2D eigenvalue weighted by atomic mass is 10.2. The average Bonchev–Trinajstić information content (AvgIpc) is 3.28. The molecule has 0 saturated carbocycles. The minimum absolute atomic E-state index is 0.169. The maximum Gasteiger partial charge on any atom is 0.699 e. The Bertz CT molecular complexity index is 783. The van der Waals surface area contributed by atoms with Crippen molar-refractivity contribution in [3.05, 3.63) is 12.7 Å². The molecule has 2 aromatic heterocycles. The van der Waals surface area contributed by atoms with Gasteiger partial charge in [0.15, 0.2) is 17.7 Å². The minimum atomic E-state index is -2.20. The lowest BCUT2D eigenvalue weighted by molar-refractivity contribution is -0.0219. The molecule has 2 aromatic rings. The molecular formula is C16H26N6O4P+. The maximum absolute atomic E-state index is 12.0. The molecule has 10 nitrogen and oxygen atoms in total. The van der Waals surface area contributed by atoms with Crippen molar-refractivity contribution in [2.45, 2.75) is 52.2 Å². The molecular weight excluding hydrogens is 371 g/mol. The number of hydrogen-bond acceptors (Lipinski definition) is 9. The van der Waals surface area contributed by atoms with E-state index in [-0.39, 0.29) is 25.2 Å². The molecule has 27 heavy (non-hydrogen) atoms. The Morgan fingerprint density at radius 2 is 2.15 bits per heavy atom. The van der Waals surface area contributed by atoms with Gasteiger partial charge in [0.05, 0.1) is 12.4 Å². The van der Waals surface area contributed by atoms with Crippen LogP contribution in [0.25, 0.3) is 11.2 Å². The monoisotopic (exact) mass is 397 g/mol. The normalized spacial score (nSPS) is 21.9. The second kappa shape index (κ2) is 8.99. The summed E-state index contributed by atoms with van der Waals surface area (Å²) in [5, 5.41) is 0. The lowest BCUT2D eigenvalue weighted by Crippen LogP contribution is -2.33. The topological polar surface area (TPSA) is 118 Å². The van der Waals surface area contributed by atoms with E-state index in [9.17, 15) is 4.57 Å². The van der Waals surface area contributed by atoms with Gasteiger partial charge in [0.2, 0.25) is 0 Å². The van der Waals surface area contributed by atoms with Crippen LogP contribution in [-0.4, -0.2) is 56.4 Å². The zero-order valence-electron chi connectivity index (χ0n) is 15.8. The Hall–Kier alpha value is -1.71. The summed E-state index contributed by atoms with van der Waals surface area (Å²) in [5.41, 5.74) is 7.01. The fourth-order valence-corrected chi connectivity index (χ4v) is 3.93. The third-order valence-electron chi connectivity index (χ3n) is 4.71. The van der Waals surface area contributed by atoms with Gasteiger partial charge >= 0.3 is 8.25 Å². The van der Waals surface area contributed by atoms with Crippen LogP contribution in [-0.2, 0) is 18.3 Å². The molecule has 1 saturated heterocycles. The van der Waals surface area contributed by atoms with Crippen molar-refractivity contribution in [2.75, 3.05) is 25.4 Å². The van der Waals surface area contributed by atoms with Gasteiger partial charge in [-0.1, -0.05) is 13.8 Å². The number of ether oxygens (including phenoxy) is 1. The second-order valence-electron chi connectivity index (χ2n) is 6.32. The third-order valence-corrected chi connectivity index (χ3v) is 5.55. The molecule has 0 spiro atoms. The van der Waals surface area contributed by atoms with E-state index < -0.39 is 8.25 Å². The van der Waals surface area contributed by atoms with Gasteiger partial charge in [-0.2, -0.15) is 0 Å². The summed E-state index contributed by atoms with van der Waals surface area (Å²) in [4.78, 5) is 14.5. The van der Waals surface area contributed by atoms with E-state index in [0.29, 0.717) is 17.0 Å². The predicted octanol–water partition coefficient (Wildman–Crippen LogP) is 2.46. The van der Waals surface area contributed by atoms with Crippen molar-refractivity contribution in [1.82, 2.24) is 24.4 Å². The summed E-state index contributed by atoms with van der Waals surface area (Å²) >= 11 is 0. The predicted molar refractivity (Wildman–Crippen MR) is 99.9 cm³/mol. The Kier molecular flexibility index (Phi) is 6.67. The van der Waals surface area contributed by atoms with Gasteiger partial charge < -0.3 is 10.5 Å². The van der Waals surface area contributed by atoms with Crippen molar-refractivity contribution in [3.63, 3.8) is 0 Å². The number of hydrogen-bond donors (Lipinski definition) is 1. The molecule has 4 atom stereocenters. The summed E-state index contributed by atoms with van der Waals surface area (Å²) in [6.07, 6.45) is 3.97. The maximum atomic E-state index is 12.0. The Morgan fingerprint density at radius 1 is 1.37 bits per heavy atom. The van der Waals surface area contributed by atoms with Crippen molar-refractivity contribution in [1.29, 1.82) is 0 Å². The summed E-state index contributed by atoms with van der Waals surface area (Å²) < 4.78 is 30.7. The van der Waals surface area contributed by atoms with Crippen LogP contribution in [0.1, 0.15) is 39.8 Å². The first-order chi connectivity index (χ1) is 13.0. The molecule has 1 fully saturated rings. The van der Waals surface area contributed by atoms with Crippen molar-refractivity contribution < 1.29 is 18.3 Å². The number of anilines is 1. The van der Waals surface area contributed by atoms with E-state index in [0.717, 1.165) is 25.9 Å². The largest absolute Gasteiger partial charge is 0.699 e. The van der Waals surface area contributed by atoms with E-state index in [1.165, 1.54) is 6.33 Å². The Labute approximate surface area is 159 Å². The van der Waals surface area contributed by atoms with Crippen molar-refractivity contribution >= 4 is 25.2 Å². The minimum Gasteiger partial charge on any atom is -0.382 e. The standard InChI is InChI=1S/C16H26N6O4P/c1-4-21(5-2)11(3)26-27(23)24-8-12-6-7-13(25-12)22-10-20-14-15(17)18-9-19-16(14)22/h9-13H,4-8H2,1-3H3,(H2,17,18,19)/q+1/t11?,12-,13+/m1/s1. The van der Waals surface area contributed by atoms with E-state index in [4.69, 9.17) is 19.5 Å². The van der Waals surface area contributed by atoms with Crippen LogP contribution in [0.5, 0.6) is 0 Å². The molecule has 148 valence electrons. The van der Waals surface area contributed by atoms with E-state index >= 15 is 0 Å². The molecule has 0 aliphatic carbocycles. The molecule has 2 N–H and O–H groups in total. The van der Waals surface area contributed by atoms with Gasteiger partial charge in [-0.05, 0) is 32.9 Å². The van der Waals surface area contributed by atoms with Crippen molar-refractivity contribution in [2.24, 2.45) is 0 Å². The van der Waals surface area contributed by atoms with Crippen LogP contribution in [0.2, 0.25) is 0 Å². The first kappa shape index (κ1) is 20.0. The van der Waals surface area contributed by atoms with Crippen LogP contribution >= 0.6 is 8.25 Å². The molecule has 11 heteroatoms. The van der Waals surface area contributed by atoms with Gasteiger partial charge in [0.25, 0.3) is 0 Å². The summed E-state index contributed by atoms with van der Waals surface area (Å²) in [6.45, 7) is 7.77. The van der Waals surface area contributed by atoms with E-state index in [1.54, 1.807) is 6.33 Å². The quantitative estimate of drug-likeness (QED) is 0.503. The molecule has 0 radical (unpaired) electrons. The molecule has 3 rings (SSSR count). The summed E-state index contributed by atoms with van der Waals surface area (Å²) in [5.74, 6) is 0.341. The molecule has 0 amide bonds. The molecule has 0 aromatic carbocycles. The Morgan fingerprint density at radius 3 is 2.89 bits per heavy atom. The molecule has 1 aliphatic rings. The lowest BCUT2D eigenvalue weighted by Gasteiger charge is -2.20. The highest BCUT2D eigenvalue weighted by Gasteiger charge is 2.33. The van der Waals surface area contributed by atoms with Crippen LogP contribution in [0, 0.1) is 0 Å². The number of nitrogen functional groups attached to an aromatic ring is 1. The first-order valence-electron chi connectivity index (χ1n) is 9.12. The van der Waals surface area contributed by atoms with E-state index in [2.05, 4.69) is 19.9 Å². The molecule has 1 aliphatic heterocycles. The van der Waals surface area contributed by atoms with E-state index in [1.807, 2.05) is 25.3 Å². The van der Waals surface area contributed by atoms with Crippen LogP contribution in [0.15, 0.2) is 12.7 Å². The first-order valence-corrected chi connectivity index (χ1v) is 10.2. The fourth-order valence-electron chi connectivity index (χ4n) is 3.20. The number of nitrogens with zero attached hydrogens (tertiary/aromatic N) is 5. The number of nitrogens with two attached hydrogens (primary N) is 1. The van der Waals surface area contributed by atoms with Gasteiger partial charge in [0.1, 0.15) is 24.7 Å². The third kappa shape index (κ3) is 4.59. The smallest absolute Gasteiger partial charge is 0.382 e. The van der Waals surface area contributed by atoms with Gasteiger partial charge in [-0.25, -0.2) is 15.0 Å². The summed E-state index contributed by atoms with van der Waals surface area (Å²) in [7, 11) is -2.20. The zero-order chi connectivity index (χ0) is 19.4. The summed E-state index contributed by atoms with van der Waals surface area (Å²) in [6, 6.07) is 0. The SMILES string of the molecule is CCN(CC)C(C)O[P+](=O)OC[C@H]1CC[C@@H](n2cnc3c(N)ncnc32)O1. The van der Waals surface area contributed by atoms with Crippen molar-refractivity contribution in [3.8, 4) is 0 Å². The average molecular weight is 397 g/mol. The number of fused-ring (bicyclic) bond motifs is 1. The highest BCUT2D eigenvalue weighted by atomic mass is 31.1. The zero-order valence-corrected chi connectivity index (χ0v) is 16.7. The second-order valence-corrected chi connectivity index (χ2v) is 7.23. The van der Waals surface area contributed by atoms with Gasteiger partial charge in [0, 0.05) is 4.57 Å². The van der Waals surface area contributed by atoms with Crippen LogP contribution in [0.3, 0.4) is 0 Å². The highest BCUT2D eigenvalue weighted by molar-refractivity contribution is 7.33. The number of rotatable bonds is 9. The highest BCUT2D eigenvalue weighted by Crippen LogP contribution is 2.34. The number of aromatic nitrogens is 4. The van der Waals surface area contributed by atoms with Gasteiger partial charge in [-0.15, -0.1) is 9.05 Å². The fraction of sp³-hybridized carbons (Fsp3) is 0.688. The van der Waals surface area contributed by atoms with Crippen LogP contribution in [0.4, 0.5) is 5.82 Å². The molecule has 2 unspecified atom stereocenters. The molecule has 3 heterocycles. The molecule has 0 bridgehead atoms. The Balaban J connectivity index is 1.51.